The molecule has 16 heteroatoms. The molecule has 8 rings (SSSR count). The Kier molecular flexibility index (Phi) is 29.9. The number of ether oxygens (including phenoxy) is 4. The smallest absolute Gasteiger partial charge is 0.127 e. The molecule has 0 amide bonds. The highest BCUT2D eigenvalue weighted by Gasteiger charge is 2.28. The summed E-state index contributed by atoms with van der Waals surface area (Å²) >= 11 is 0. The second kappa shape index (κ2) is 32.2. The topological polar surface area (TPSA) is 166 Å². The molecule has 4 saturated heterocycles. The Morgan fingerprint density at radius 1 is 0.338 bits per heavy atom. The van der Waals surface area contributed by atoms with E-state index in [-0.39, 0.29) is 78.4 Å². The number of hydrogen-bond acceptors (Lipinski definition) is 12. The molecule has 4 heterocycles. The van der Waals surface area contributed by atoms with Gasteiger partial charge in [-0.25, -0.2) is 0 Å². The predicted molar refractivity (Wildman–Crippen MR) is 297 cm³/mol. The third-order valence-electron chi connectivity index (χ3n) is 12.9. The van der Waals surface area contributed by atoms with Crippen LogP contribution in [0, 0.1) is 55.4 Å². The van der Waals surface area contributed by atoms with E-state index in [2.05, 4.69) is 101 Å². The summed E-state index contributed by atoms with van der Waals surface area (Å²) in [6.45, 7) is 22.6. The van der Waals surface area contributed by atoms with Crippen molar-refractivity contribution in [2.45, 2.75) is 130 Å². The molecule has 4 fully saturated rings. The van der Waals surface area contributed by atoms with E-state index >= 15 is 0 Å². The van der Waals surface area contributed by atoms with Crippen molar-refractivity contribution in [2.24, 2.45) is 0 Å². The van der Waals surface area contributed by atoms with Crippen molar-refractivity contribution in [3.63, 3.8) is 0 Å². The van der Waals surface area contributed by atoms with Gasteiger partial charge in [0.15, 0.2) is 0 Å². The number of β-amino-alcohol motifs (C(OH)–C–C–N with tert-alkyl or cyclic N) is 4. The van der Waals surface area contributed by atoms with Gasteiger partial charge in [-0.1, -0.05) is 48.5 Å². The SMILES string of the molecule is Cc1cccc(OC2CCNC[C@@H]2O)c1C.Cc1cccc(OC2CCNC[C@H]2O)c1C.Cc1cccc(O[C@@H]2CCNC[C@@H]2O)c1C.Cc1cccc(O[C@@H]2CCNC[C@H]2O)c1C.S.S.S.S. The van der Waals surface area contributed by atoms with Crippen molar-refractivity contribution in [3.8, 4) is 23.0 Å². The zero-order valence-corrected chi connectivity index (χ0v) is 45.5. The zero-order valence-electron chi connectivity index (χ0n) is 41.5. The van der Waals surface area contributed by atoms with Crippen LogP contribution in [0.25, 0.3) is 0 Å². The standard InChI is InChI=1S/4C13H19NO2.4H2S/c4*1-9-4-3-5-12(10(9)2)16-13-6-7-14-8-11(13)15;;;;/h4*3-5,11,13-15H,6-8H2,1-2H3;4*1H2/t2*11-,13?;11-,13+;11-,13-;;;;/m1001..../s1. The number of rotatable bonds is 8. The first-order valence-electron chi connectivity index (χ1n) is 23.2. The molecule has 0 aliphatic carbocycles. The van der Waals surface area contributed by atoms with Crippen LogP contribution in [0.2, 0.25) is 0 Å². The summed E-state index contributed by atoms with van der Waals surface area (Å²) in [6.07, 6.45) is 1.46. The van der Waals surface area contributed by atoms with Crippen molar-refractivity contribution in [3.05, 3.63) is 117 Å². The molecule has 4 aromatic carbocycles. The lowest BCUT2D eigenvalue weighted by atomic mass is 10.1. The Bertz CT molecular complexity index is 1770. The molecule has 8 N–H and O–H groups in total. The van der Waals surface area contributed by atoms with Gasteiger partial charge in [0.2, 0.25) is 0 Å². The van der Waals surface area contributed by atoms with Crippen LogP contribution in [-0.4, -0.2) is 122 Å². The van der Waals surface area contributed by atoms with E-state index < -0.39 is 24.4 Å². The fourth-order valence-electron chi connectivity index (χ4n) is 7.88. The van der Waals surface area contributed by atoms with Gasteiger partial charge in [0.1, 0.15) is 71.8 Å². The van der Waals surface area contributed by atoms with Crippen LogP contribution in [0.5, 0.6) is 23.0 Å². The molecule has 0 aromatic heterocycles. The number of aliphatic hydroxyl groups is 4. The predicted octanol–water partition coefficient (Wildman–Crippen LogP) is 6.07. The number of nitrogens with one attached hydrogen (secondary N) is 4. The van der Waals surface area contributed by atoms with Crippen molar-refractivity contribution >= 4 is 54.0 Å². The average Bonchev–Trinajstić information content (AvgIpc) is 3.28. The molecule has 8 atom stereocenters. The van der Waals surface area contributed by atoms with E-state index in [9.17, 15) is 20.4 Å². The van der Waals surface area contributed by atoms with Crippen LogP contribution in [0.1, 0.15) is 70.2 Å². The van der Waals surface area contributed by atoms with Gasteiger partial charge in [-0.15, -0.1) is 0 Å². The van der Waals surface area contributed by atoms with E-state index in [0.29, 0.717) is 26.2 Å². The molecule has 0 bridgehead atoms. The largest absolute Gasteiger partial charge is 0.487 e. The number of aryl methyl sites for hydroxylation is 4. The molecular weight excluding hydrogens is 937 g/mol. The second-order valence-electron chi connectivity index (χ2n) is 17.7. The summed E-state index contributed by atoms with van der Waals surface area (Å²) in [4.78, 5) is 0. The molecule has 12 nitrogen and oxygen atoms in total. The molecule has 0 radical (unpaired) electrons. The molecule has 384 valence electrons. The minimum absolute atomic E-state index is 0. The van der Waals surface area contributed by atoms with Crippen LogP contribution in [0.15, 0.2) is 72.8 Å². The zero-order chi connectivity index (χ0) is 46.2. The lowest BCUT2D eigenvalue weighted by molar-refractivity contribution is 0.0159. The summed E-state index contributed by atoms with van der Waals surface area (Å²) in [5.74, 6) is 3.58. The summed E-state index contributed by atoms with van der Waals surface area (Å²) in [5, 5.41) is 51.8. The molecule has 4 aromatic rings. The van der Waals surface area contributed by atoms with Gasteiger partial charge in [0, 0.05) is 26.2 Å². The highest BCUT2D eigenvalue weighted by atomic mass is 32.1. The lowest BCUT2D eigenvalue weighted by Crippen LogP contribution is -2.46. The fraction of sp³-hybridized carbons (Fsp3) is 0.538. The average molecular weight is 1020 g/mol. The Labute approximate surface area is 434 Å². The summed E-state index contributed by atoms with van der Waals surface area (Å²) in [5.41, 5.74) is 9.53. The molecular formula is C52H84N4O8S4. The van der Waals surface area contributed by atoms with E-state index in [1.54, 1.807) is 0 Å². The Balaban J connectivity index is 0.000000445. The minimum atomic E-state index is -0.409. The van der Waals surface area contributed by atoms with Gasteiger partial charge < -0.3 is 60.6 Å². The summed E-state index contributed by atoms with van der Waals surface area (Å²) in [7, 11) is 0. The van der Waals surface area contributed by atoms with Crippen molar-refractivity contribution < 1.29 is 39.4 Å². The van der Waals surface area contributed by atoms with Crippen LogP contribution in [-0.2, 0) is 0 Å². The maximum Gasteiger partial charge on any atom is 0.127 e. The quantitative estimate of drug-likeness (QED) is 0.103. The maximum atomic E-state index is 9.80. The normalized spacial score (nSPS) is 23.9. The van der Waals surface area contributed by atoms with Crippen LogP contribution in [0.4, 0.5) is 0 Å². The number of aliphatic hydroxyl groups excluding tert-OH is 4. The molecule has 4 aliphatic rings. The number of piperidine rings is 4. The van der Waals surface area contributed by atoms with Crippen LogP contribution < -0.4 is 40.2 Å². The number of benzene rings is 4. The first-order chi connectivity index (χ1) is 30.7. The fourth-order valence-corrected chi connectivity index (χ4v) is 7.88. The van der Waals surface area contributed by atoms with Crippen LogP contribution >= 0.6 is 54.0 Å². The molecule has 2 unspecified atom stereocenters. The third-order valence-corrected chi connectivity index (χ3v) is 12.9. The summed E-state index contributed by atoms with van der Waals surface area (Å²) < 4.78 is 23.6. The van der Waals surface area contributed by atoms with Gasteiger partial charge in [-0.2, -0.15) is 54.0 Å². The van der Waals surface area contributed by atoms with Crippen LogP contribution in [0.3, 0.4) is 0 Å². The Morgan fingerprint density at radius 3 is 0.706 bits per heavy atom. The van der Waals surface area contributed by atoms with Crippen molar-refractivity contribution in [1.29, 1.82) is 0 Å². The molecule has 4 aliphatic heterocycles. The second-order valence-corrected chi connectivity index (χ2v) is 17.7. The van der Waals surface area contributed by atoms with Gasteiger partial charge >= 0.3 is 0 Å². The third kappa shape index (κ3) is 19.1. The monoisotopic (exact) mass is 1020 g/mol. The first kappa shape index (κ1) is 63.2. The van der Waals surface area contributed by atoms with E-state index in [1.165, 1.54) is 22.3 Å². The lowest BCUT2D eigenvalue weighted by Gasteiger charge is -2.29. The van der Waals surface area contributed by atoms with Crippen molar-refractivity contribution in [1.82, 2.24) is 21.3 Å². The van der Waals surface area contributed by atoms with E-state index in [1.807, 2.05) is 48.5 Å². The molecule has 68 heavy (non-hydrogen) atoms. The number of hydrogen-bond donors (Lipinski definition) is 8. The van der Waals surface area contributed by atoms with Crippen molar-refractivity contribution in [2.75, 3.05) is 52.4 Å². The minimum Gasteiger partial charge on any atom is -0.487 e. The van der Waals surface area contributed by atoms with Gasteiger partial charge in [0.25, 0.3) is 0 Å². The highest BCUT2D eigenvalue weighted by molar-refractivity contribution is 7.59. The van der Waals surface area contributed by atoms with Gasteiger partial charge in [-0.05, 0) is 176 Å². The first-order valence-corrected chi connectivity index (χ1v) is 23.2. The molecule has 0 saturated carbocycles. The van der Waals surface area contributed by atoms with E-state index in [4.69, 9.17) is 18.9 Å². The van der Waals surface area contributed by atoms with Gasteiger partial charge in [0.05, 0.1) is 0 Å². The highest BCUT2D eigenvalue weighted by Crippen LogP contribution is 2.27. The van der Waals surface area contributed by atoms with E-state index in [0.717, 1.165) is 97.1 Å². The van der Waals surface area contributed by atoms with Gasteiger partial charge in [-0.3, -0.25) is 0 Å². The molecule has 0 spiro atoms. The summed E-state index contributed by atoms with van der Waals surface area (Å²) in [6, 6.07) is 24.1. The Morgan fingerprint density at radius 2 is 0.529 bits per heavy atom. The maximum absolute atomic E-state index is 9.80. The Hall–Kier alpha value is -2.84.